The Hall–Kier alpha value is -0.160. The first-order valence-corrected chi connectivity index (χ1v) is 10.4. The van der Waals surface area contributed by atoms with Crippen LogP contribution in [-0.2, 0) is 18.9 Å². The van der Waals surface area contributed by atoms with E-state index in [1.165, 1.54) is 38.5 Å². The van der Waals surface area contributed by atoms with Gasteiger partial charge in [0.2, 0.25) is 0 Å². The summed E-state index contributed by atoms with van der Waals surface area (Å²) >= 11 is 0. The lowest BCUT2D eigenvalue weighted by Gasteiger charge is -2.20. The average molecular weight is 359 g/mol. The molecule has 0 aromatic heterocycles. The first kappa shape index (κ1) is 22.9. The summed E-state index contributed by atoms with van der Waals surface area (Å²) in [5.41, 5.74) is 0. The third-order valence-electron chi connectivity index (χ3n) is 4.60. The fraction of sp³-hybridized carbons (Fsp3) is 1.00. The first-order chi connectivity index (χ1) is 11.9. The molecule has 0 N–H and O–H groups in total. The highest BCUT2D eigenvalue weighted by molar-refractivity contribution is 4.70. The van der Waals surface area contributed by atoms with Gasteiger partial charge in [0.15, 0.2) is 5.79 Å². The van der Waals surface area contributed by atoms with Crippen molar-refractivity contribution >= 4 is 0 Å². The Morgan fingerprint density at radius 1 is 1.04 bits per heavy atom. The summed E-state index contributed by atoms with van der Waals surface area (Å²) in [5.74, 6) is 0.210. The maximum Gasteiger partial charge on any atom is 0.163 e. The summed E-state index contributed by atoms with van der Waals surface area (Å²) in [6, 6.07) is 0. The predicted octanol–water partition coefficient (Wildman–Crippen LogP) is 5.34. The minimum Gasteiger partial charge on any atom is -0.376 e. The summed E-state index contributed by atoms with van der Waals surface area (Å²) in [5, 5.41) is 0. The molecule has 0 aliphatic carbocycles. The second-order valence-electron chi connectivity index (χ2n) is 8.22. The second-order valence-corrected chi connectivity index (χ2v) is 8.22. The highest BCUT2D eigenvalue weighted by Gasteiger charge is 2.32. The Kier molecular flexibility index (Phi) is 12.0. The van der Waals surface area contributed by atoms with Crippen LogP contribution in [0.3, 0.4) is 0 Å². The lowest BCUT2D eigenvalue weighted by atomic mass is 10.1. The van der Waals surface area contributed by atoms with Crippen LogP contribution in [0, 0.1) is 5.92 Å². The third-order valence-corrected chi connectivity index (χ3v) is 4.60. The van der Waals surface area contributed by atoms with Crippen LogP contribution in [0.15, 0.2) is 0 Å². The summed E-state index contributed by atoms with van der Waals surface area (Å²) < 4.78 is 23.4. The second kappa shape index (κ2) is 13.1. The molecule has 0 amide bonds. The number of hydrogen-bond donors (Lipinski definition) is 0. The van der Waals surface area contributed by atoms with E-state index in [0.717, 1.165) is 19.4 Å². The molecule has 0 bridgehead atoms. The van der Waals surface area contributed by atoms with Crippen LogP contribution in [0.4, 0.5) is 0 Å². The van der Waals surface area contributed by atoms with Crippen molar-refractivity contribution in [2.75, 3.05) is 26.4 Å². The van der Waals surface area contributed by atoms with Gasteiger partial charge in [-0.05, 0) is 32.6 Å². The summed E-state index contributed by atoms with van der Waals surface area (Å²) in [6.45, 7) is 13.3. The van der Waals surface area contributed by atoms with E-state index < -0.39 is 5.79 Å². The lowest BCUT2D eigenvalue weighted by molar-refractivity contribution is -0.147. The van der Waals surface area contributed by atoms with Crippen LogP contribution in [0.2, 0.25) is 0 Å². The molecule has 0 aromatic carbocycles. The number of unbranched alkanes of at least 4 members (excludes halogenated alkanes) is 5. The Bertz CT molecular complexity index is 317. The number of ether oxygens (including phenoxy) is 4. The first-order valence-electron chi connectivity index (χ1n) is 10.4. The van der Waals surface area contributed by atoms with E-state index in [9.17, 15) is 0 Å². The molecule has 0 aromatic rings. The fourth-order valence-electron chi connectivity index (χ4n) is 3.01. The van der Waals surface area contributed by atoms with Gasteiger partial charge < -0.3 is 18.9 Å². The van der Waals surface area contributed by atoms with Gasteiger partial charge in [-0.2, -0.15) is 0 Å². The van der Waals surface area contributed by atoms with Crippen molar-refractivity contribution < 1.29 is 18.9 Å². The van der Waals surface area contributed by atoms with Gasteiger partial charge >= 0.3 is 0 Å². The smallest absolute Gasteiger partial charge is 0.163 e. The Morgan fingerprint density at radius 3 is 2.40 bits per heavy atom. The van der Waals surface area contributed by atoms with Gasteiger partial charge in [-0.3, -0.25) is 0 Å². The highest BCUT2D eigenvalue weighted by Crippen LogP contribution is 2.22. The number of rotatable bonds is 15. The van der Waals surface area contributed by atoms with E-state index in [0.29, 0.717) is 25.7 Å². The van der Waals surface area contributed by atoms with Crippen molar-refractivity contribution in [1.82, 2.24) is 0 Å². The van der Waals surface area contributed by atoms with E-state index in [2.05, 4.69) is 20.8 Å². The van der Waals surface area contributed by atoms with Crippen LogP contribution < -0.4 is 0 Å². The SMILES string of the molecule is CCCCCCCCC(COCC1COC(C)(C)O1)OCCC(C)C. The Morgan fingerprint density at radius 2 is 1.76 bits per heavy atom. The Balaban J connectivity index is 2.20. The summed E-state index contributed by atoms with van der Waals surface area (Å²) in [4.78, 5) is 0. The van der Waals surface area contributed by atoms with E-state index in [1.807, 2.05) is 13.8 Å². The van der Waals surface area contributed by atoms with Crippen LogP contribution >= 0.6 is 0 Å². The topological polar surface area (TPSA) is 36.9 Å². The molecular weight excluding hydrogens is 316 g/mol. The molecule has 0 saturated carbocycles. The molecule has 0 spiro atoms. The number of hydrogen-bond acceptors (Lipinski definition) is 4. The molecule has 4 nitrogen and oxygen atoms in total. The van der Waals surface area contributed by atoms with Gasteiger partial charge in [0, 0.05) is 6.61 Å². The molecule has 1 fully saturated rings. The van der Waals surface area contributed by atoms with Crippen molar-refractivity contribution in [3.05, 3.63) is 0 Å². The van der Waals surface area contributed by atoms with Gasteiger partial charge in [-0.25, -0.2) is 0 Å². The quantitative estimate of drug-likeness (QED) is 0.370. The van der Waals surface area contributed by atoms with Gasteiger partial charge in [-0.15, -0.1) is 0 Å². The molecule has 2 atom stereocenters. The van der Waals surface area contributed by atoms with Crippen molar-refractivity contribution in [3.8, 4) is 0 Å². The summed E-state index contributed by atoms with van der Waals surface area (Å²) in [6.07, 6.45) is 10.4. The fourth-order valence-corrected chi connectivity index (χ4v) is 3.01. The third kappa shape index (κ3) is 12.0. The standard InChI is InChI=1S/C21H42O4/c1-6-7-8-9-10-11-12-19(23-14-13-18(2)3)15-22-16-20-17-24-21(4,5)25-20/h18-20H,6-17H2,1-5H3. The van der Waals surface area contributed by atoms with Crippen molar-refractivity contribution in [1.29, 1.82) is 0 Å². The molecule has 2 unspecified atom stereocenters. The molecule has 1 saturated heterocycles. The van der Waals surface area contributed by atoms with E-state index in [1.54, 1.807) is 0 Å². The van der Waals surface area contributed by atoms with Gasteiger partial charge in [0.25, 0.3) is 0 Å². The summed E-state index contributed by atoms with van der Waals surface area (Å²) in [7, 11) is 0. The van der Waals surface area contributed by atoms with Gasteiger partial charge in [0.05, 0.1) is 25.9 Å². The minimum atomic E-state index is -0.473. The molecule has 4 heteroatoms. The molecule has 150 valence electrons. The van der Waals surface area contributed by atoms with E-state index in [4.69, 9.17) is 18.9 Å². The largest absolute Gasteiger partial charge is 0.376 e. The molecule has 0 radical (unpaired) electrons. The maximum atomic E-state index is 6.09. The molecule has 1 heterocycles. The van der Waals surface area contributed by atoms with E-state index >= 15 is 0 Å². The molecule has 25 heavy (non-hydrogen) atoms. The zero-order chi connectivity index (χ0) is 18.5. The van der Waals surface area contributed by atoms with Crippen LogP contribution in [0.5, 0.6) is 0 Å². The highest BCUT2D eigenvalue weighted by atomic mass is 16.7. The monoisotopic (exact) mass is 358 g/mol. The molecule has 1 rings (SSSR count). The van der Waals surface area contributed by atoms with Crippen molar-refractivity contribution in [3.63, 3.8) is 0 Å². The maximum absolute atomic E-state index is 6.09. The van der Waals surface area contributed by atoms with Crippen molar-refractivity contribution in [2.24, 2.45) is 5.92 Å². The zero-order valence-corrected chi connectivity index (χ0v) is 17.4. The normalized spacial score (nSPS) is 21.1. The molecular formula is C21H42O4. The lowest BCUT2D eigenvalue weighted by Crippen LogP contribution is -2.27. The predicted molar refractivity (Wildman–Crippen MR) is 103 cm³/mol. The van der Waals surface area contributed by atoms with Gasteiger partial charge in [-0.1, -0.05) is 59.3 Å². The van der Waals surface area contributed by atoms with Crippen molar-refractivity contribution in [2.45, 2.75) is 104 Å². The van der Waals surface area contributed by atoms with Crippen LogP contribution in [0.1, 0.15) is 86.0 Å². The van der Waals surface area contributed by atoms with E-state index in [-0.39, 0.29) is 12.2 Å². The minimum absolute atomic E-state index is 0.0420. The zero-order valence-electron chi connectivity index (χ0n) is 17.4. The van der Waals surface area contributed by atoms with Crippen LogP contribution in [0.25, 0.3) is 0 Å². The Labute approximate surface area is 155 Å². The average Bonchev–Trinajstić information content (AvgIpc) is 2.89. The van der Waals surface area contributed by atoms with Crippen LogP contribution in [-0.4, -0.2) is 44.4 Å². The molecule has 1 aliphatic heterocycles. The van der Waals surface area contributed by atoms with Gasteiger partial charge in [0.1, 0.15) is 6.10 Å². The molecule has 1 aliphatic rings.